The zero-order valence-corrected chi connectivity index (χ0v) is 13.0. The number of nitrogens with one attached hydrogen (secondary N) is 1. The highest BCUT2D eigenvalue weighted by molar-refractivity contribution is 7.92. The highest BCUT2D eigenvalue weighted by atomic mass is 32.2. The average molecular weight is 325 g/mol. The van der Waals surface area contributed by atoms with Crippen molar-refractivity contribution in [1.29, 1.82) is 0 Å². The molecule has 118 valence electrons. The predicted octanol–water partition coefficient (Wildman–Crippen LogP) is 3.03. The van der Waals surface area contributed by atoms with Crippen LogP contribution in [-0.2, 0) is 10.0 Å². The summed E-state index contributed by atoms with van der Waals surface area (Å²) in [4.78, 5) is -0.414. The van der Waals surface area contributed by atoms with Gasteiger partial charge in [-0.2, -0.15) is 0 Å². The van der Waals surface area contributed by atoms with Crippen molar-refractivity contribution < 1.29 is 22.3 Å². The molecule has 0 aliphatic carbocycles. The number of rotatable bonds is 6. The lowest BCUT2D eigenvalue weighted by atomic mass is 10.3. The Balaban J connectivity index is 2.32. The number of hydrogen-bond donors (Lipinski definition) is 1. The average Bonchev–Trinajstić information content (AvgIpc) is 2.49. The molecule has 0 aliphatic rings. The van der Waals surface area contributed by atoms with Crippen LogP contribution in [0.15, 0.2) is 47.4 Å². The Morgan fingerprint density at radius 3 is 2.50 bits per heavy atom. The van der Waals surface area contributed by atoms with E-state index in [1.165, 1.54) is 37.4 Å². The summed E-state index contributed by atoms with van der Waals surface area (Å²) in [5.74, 6) is 0.0716. The predicted molar refractivity (Wildman–Crippen MR) is 81.4 cm³/mol. The summed E-state index contributed by atoms with van der Waals surface area (Å²) >= 11 is 0. The van der Waals surface area contributed by atoms with Crippen molar-refractivity contribution in [3.8, 4) is 11.5 Å². The molecule has 7 heteroatoms. The molecule has 0 saturated carbocycles. The van der Waals surface area contributed by atoms with Crippen LogP contribution < -0.4 is 14.2 Å². The smallest absolute Gasteiger partial charge is 0.264 e. The fourth-order valence-corrected chi connectivity index (χ4v) is 3.01. The van der Waals surface area contributed by atoms with Gasteiger partial charge in [0, 0.05) is 6.07 Å². The topological polar surface area (TPSA) is 64.6 Å². The van der Waals surface area contributed by atoms with Crippen molar-refractivity contribution >= 4 is 15.7 Å². The second-order valence-corrected chi connectivity index (χ2v) is 5.99. The molecule has 1 N–H and O–H groups in total. The van der Waals surface area contributed by atoms with Gasteiger partial charge in [-0.3, -0.25) is 4.72 Å². The molecule has 0 aromatic heterocycles. The molecule has 0 spiro atoms. The van der Waals surface area contributed by atoms with Gasteiger partial charge in [0.15, 0.2) is 11.5 Å². The first-order chi connectivity index (χ1) is 10.5. The van der Waals surface area contributed by atoms with Gasteiger partial charge in [-0.1, -0.05) is 12.1 Å². The van der Waals surface area contributed by atoms with Gasteiger partial charge in [-0.05, 0) is 31.2 Å². The van der Waals surface area contributed by atoms with Crippen LogP contribution in [-0.4, -0.2) is 22.1 Å². The molecule has 0 amide bonds. The van der Waals surface area contributed by atoms with Crippen LogP contribution in [0.3, 0.4) is 0 Å². The van der Waals surface area contributed by atoms with Crippen LogP contribution in [0.4, 0.5) is 10.1 Å². The molecule has 0 bridgehead atoms. The zero-order valence-electron chi connectivity index (χ0n) is 12.2. The van der Waals surface area contributed by atoms with Crippen molar-refractivity contribution in [2.45, 2.75) is 11.8 Å². The fraction of sp³-hybridized carbons (Fsp3) is 0.200. The molecular formula is C15H16FNO4S. The molecule has 0 atom stereocenters. The maximum Gasteiger partial charge on any atom is 0.264 e. The highest BCUT2D eigenvalue weighted by Crippen LogP contribution is 2.31. The lowest BCUT2D eigenvalue weighted by Crippen LogP contribution is -2.14. The van der Waals surface area contributed by atoms with Crippen molar-refractivity contribution in [3.63, 3.8) is 0 Å². The molecule has 2 rings (SSSR count). The number of sulfonamides is 1. The number of hydrogen-bond acceptors (Lipinski definition) is 4. The number of methoxy groups -OCH3 is 1. The van der Waals surface area contributed by atoms with E-state index in [1.54, 1.807) is 6.07 Å². The van der Waals surface area contributed by atoms with Gasteiger partial charge < -0.3 is 9.47 Å². The van der Waals surface area contributed by atoms with E-state index in [9.17, 15) is 12.8 Å². The van der Waals surface area contributed by atoms with Gasteiger partial charge >= 0.3 is 0 Å². The van der Waals surface area contributed by atoms with E-state index in [0.717, 1.165) is 6.07 Å². The van der Waals surface area contributed by atoms with E-state index in [0.29, 0.717) is 18.1 Å². The Morgan fingerprint density at radius 2 is 1.86 bits per heavy atom. The Bertz CT molecular complexity index is 762. The lowest BCUT2D eigenvalue weighted by Gasteiger charge is -2.13. The third kappa shape index (κ3) is 3.48. The van der Waals surface area contributed by atoms with Gasteiger partial charge in [-0.25, -0.2) is 12.8 Å². The standard InChI is InChI=1S/C15H16FNO4S/c1-3-21-13-9-8-11(10-14(13)20-2)17-22(18,19)15-7-5-4-6-12(15)16/h4-10,17H,3H2,1-2H3. The molecule has 0 heterocycles. The lowest BCUT2D eigenvalue weighted by molar-refractivity contribution is 0.311. The van der Waals surface area contributed by atoms with Crippen molar-refractivity contribution in [2.75, 3.05) is 18.4 Å². The largest absolute Gasteiger partial charge is 0.493 e. The molecule has 5 nitrogen and oxygen atoms in total. The summed E-state index contributed by atoms with van der Waals surface area (Å²) in [7, 11) is -2.56. The van der Waals surface area contributed by atoms with E-state index in [4.69, 9.17) is 9.47 Å². The zero-order chi connectivity index (χ0) is 16.2. The fourth-order valence-electron chi connectivity index (χ4n) is 1.88. The van der Waals surface area contributed by atoms with E-state index in [1.807, 2.05) is 6.92 Å². The van der Waals surface area contributed by atoms with Gasteiger partial charge in [0.1, 0.15) is 10.7 Å². The van der Waals surface area contributed by atoms with Gasteiger partial charge in [-0.15, -0.1) is 0 Å². The third-order valence-corrected chi connectivity index (χ3v) is 4.26. The number of benzene rings is 2. The molecule has 0 saturated heterocycles. The summed E-state index contributed by atoms with van der Waals surface area (Å²) in [5.41, 5.74) is 0.253. The maximum absolute atomic E-state index is 13.6. The first-order valence-electron chi connectivity index (χ1n) is 6.56. The SMILES string of the molecule is CCOc1ccc(NS(=O)(=O)c2ccccc2F)cc1OC. The minimum atomic E-state index is -4.02. The summed E-state index contributed by atoms with van der Waals surface area (Å²) in [6.07, 6.45) is 0. The van der Waals surface area contributed by atoms with E-state index in [-0.39, 0.29) is 5.69 Å². The van der Waals surface area contributed by atoms with Crippen molar-refractivity contribution in [3.05, 3.63) is 48.3 Å². The Labute approximate surface area is 128 Å². The van der Waals surface area contributed by atoms with Crippen molar-refractivity contribution in [2.24, 2.45) is 0 Å². The molecule has 22 heavy (non-hydrogen) atoms. The minimum Gasteiger partial charge on any atom is -0.493 e. The summed E-state index contributed by atoms with van der Waals surface area (Å²) < 4.78 is 50.9. The second kappa shape index (κ2) is 6.65. The molecule has 2 aromatic carbocycles. The molecule has 0 unspecified atom stereocenters. The van der Waals surface area contributed by atoms with Crippen LogP contribution in [0.2, 0.25) is 0 Å². The van der Waals surface area contributed by atoms with Crippen LogP contribution >= 0.6 is 0 Å². The molecule has 2 aromatic rings. The molecule has 0 aliphatic heterocycles. The number of ether oxygens (including phenoxy) is 2. The number of anilines is 1. The van der Waals surface area contributed by atoms with Crippen LogP contribution in [0.25, 0.3) is 0 Å². The van der Waals surface area contributed by atoms with Crippen LogP contribution in [0, 0.1) is 5.82 Å². The van der Waals surface area contributed by atoms with Gasteiger partial charge in [0.05, 0.1) is 19.4 Å². The minimum absolute atomic E-state index is 0.253. The normalized spacial score (nSPS) is 11.0. The maximum atomic E-state index is 13.6. The number of halogens is 1. The first-order valence-corrected chi connectivity index (χ1v) is 8.04. The van der Waals surface area contributed by atoms with E-state index in [2.05, 4.69) is 4.72 Å². The second-order valence-electron chi connectivity index (χ2n) is 4.33. The van der Waals surface area contributed by atoms with E-state index >= 15 is 0 Å². The Morgan fingerprint density at radius 1 is 1.14 bits per heavy atom. The summed E-state index contributed by atoms with van der Waals surface area (Å²) in [6, 6.07) is 9.75. The highest BCUT2D eigenvalue weighted by Gasteiger charge is 2.19. The monoisotopic (exact) mass is 325 g/mol. The Hall–Kier alpha value is -2.28. The first kappa shape index (κ1) is 16.1. The van der Waals surface area contributed by atoms with Crippen LogP contribution in [0.5, 0.6) is 11.5 Å². The van der Waals surface area contributed by atoms with Gasteiger partial charge in [0.25, 0.3) is 10.0 Å². The Kier molecular flexibility index (Phi) is 4.87. The van der Waals surface area contributed by atoms with Gasteiger partial charge in [0.2, 0.25) is 0 Å². The molecule has 0 fully saturated rings. The van der Waals surface area contributed by atoms with Crippen molar-refractivity contribution in [1.82, 2.24) is 0 Å². The molecule has 0 radical (unpaired) electrons. The summed E-state index contributed by atoms with van der Waals surface area (Å²) in [6.45, 7) is 2.28. The van der Waals surface area contributed by atoms with Crippen LogP contribution in [0.1, 0.15) is 6.92 Å². The summed E-state index contributed by atoms with van der Waals surface area (Å²) in [5, 5.41) is 0. The third-order valence-electron chi connectivity index (χ3n) is 2.84. The van der Waals surface area contributed by atoms with E-state index < -0.39 is 20.7 Å². The quantitative estimate of drug-likeness (QED) is 0.886. The molecular weight excluding hydrogens is 309 g/mol.